The number of carbonyl (C=O) groups is 1. The van der Waals surface area contributed by atoms with Crippen LogP contribution in [0.3, 0.4) is 0 Å². The first-order valence-corrected chi connectivity index (χ1v) is 6.18. The predicted molar refractivity (Wildman–Crippen MR) is 70.1 cm³/mol. The highest BCUT2D eigenvalue weighted by molar-refractivity contribution is 5.74. The molecule has 0 bridgehead atoms. The molecule has 0 radical (unpaired) electrons. The number of hydrogen-bond donors (Lipinski definition) is 0. The van der Waals surface area contributed by atoms with Crippen LogP contribution in [0.2, 0.25) is 0 Å². The van der Waals surface area contributed by atoms with Gasteiger partial charge in [0.2, 0.25) is 5.91 Å². The fourth-order valence-corrected chi connectivity index (χ4v) is 2.79. The van der Waals surface area contributed by atoms with Crippen LogP contribution in [-0.2, 0) is 4.79 Å². The highest BCUT2D eigenvalue weighted by atomic mass is 16.2. The summed E-state index contributed by atoms with van der Waals surface area (Å²) >= 11 is 0. The number of benzene rings is 1. The highest BCUT2D eigenvalue weighted by Crippen LogP contribution is 2.22. The Morgan fingerprint density at radius 2 is 1.65 bits per heavy atom. The van der Waals surface area contributed by atoms with Crippen LogP contribution in [0.25, 0.3) is 0 Å². The van der Waals surface area contributed by atoms with Gasteiger partial charge in [-0.3, -0.25) is 4.79 Å². The number of para-hydroxylation sites is 1. The number of anilines is 1. The molecule has 0 aliphatic carbocycles. The van der Waals surface area contributed by atoms with Crippen LogP contribution in [0.15, 0.2) is 30.3 Å². The van der Waals surface area contributed by atoms with Crippen LogP contribution in [-0.4, -0.2) is 36.0 Å². The zero-order valence-electron chi connectivity index (χ0n) is 10.8. The van der Waals surface area contributed by atoms with Gasteiger partial charge in [0.05, 0.1) is 0 Å². The van der Waals surface area contributed by atoms with Crippen molar-refractivity contribution in [3.63, 3.8) is 0 Å². The third-order valence-corrected chi connectivity index (χ3v) is 3.40. The van der Waals surface area contributed by atoms with Crippen molar-refractivity contribution in [2.45, 2.75) is 32.9 Å². The summed E-state index contributed by atoms with van der Waals surface area (Å²) in [6, 6.07) is 10.9. The van der Waals surface area contributed by atoms with E-state index >= 15 is 0 Å². The van der Waals surface area contributed by atoms with Crippen LogP contribution < -0.4 is 4.90 Å². The maximum Gasteiger partial charge on any atom is 0.220 e. The summed E-state index contributed by atoms with van der Waals surface area (Å²) in [6.07, 6.45) is 0. The van der Waals surface area contributed by atoms with E-state index in [0.29, 0.717) is 0 Å². The maximum absolute atomic E-state index is 11.6. The van der Waals surface area contributed by atoms with Crippen LogP contribution in [0, 0.1) is 0 Å². The van der Waals surface area contributed by atoms with Gasteiger partial charge in [-0.25, -0.2) is 0 Å². The molecule has 1 aromatic carbocycles. The molecule has 1 fully saturated rings. The molecule has 1 heterocycles. The first-order chi connectivity index (χ1) is 8.09. The van der Waals surface area contributed by atoms with E-state index in [9.17, 15) is 4.79 Å². The molecule has 0 unspecified atom stereocenters. The summed E-state index contributed by atoms with van der Waals surface area (Å²) in [5, 5.41) is 0. The van der Waals surface area contributed by atoms with Gasteiger partial charge in [-0.15, -0.1) is 0 Å². The summed E-state index contributed by atoms with van der Waals surface area (Å²) in [5.41, 5.74) is 1.24. The Labute approximate surface area is 103 Å². The molecule has 0 aromatic heterocycles. The minimum atomic E-state index is 0.178. The van der Waals surface area contributed by atoms with E-state index in [-0.39, 0.29) is 18.0 Å². The molecule has 1 amide bonds. The molecular weight excluding hydrogens is 212 g/mol. The van der Waals surface area contributed by atoms with Crippen LogP contribution >= 0.6 is 0 Å². The average Bonchev–Trinajstić information content (AvgIpc) is 2.28. The van der Waals surface area contributed by atoms with Gasteiger partial charge in [-0.1, -0.05) is 18.2 Å². The molecule has 0 N–H and O–H groups in total. The summed E-state index contributed by atoms with van der Waals surface area (Å²) in [6.45, 7) is 7.72. The monoisotopic (exact) mass is 232 g/mol. The number of nitrogens with zero attached hydrogens (tertiary/aromatic N) is 2. The van der Waals surface area contributed by atoms with E-state index in [0.717, 1.165) is 13.1 Å². The summed E-state index contributed by atoms with van der Waals surface area (Å²) < 4.78 is 0. The van der Waals surface area contributed by atoms with Gasteiger partial charge in [0.25, 0.3) is 0 Å². The summed E-state index contributed by atoms with van der Waals surface area (Å²) in [5.74, 6) is 0.178. The van der Waals surface area contributed by atoms with E-state index in [1.54, 1.807) is 6.92 Å². The lowest BCUT2D eigenvalue weighted by atomic mass is 10.1. The standard InChI is InChI=1S/C14H20N2O/c1-11-9-15(14-7-5-4-6-8-14)10-12(2)16(11)13(3)17/h4-8,11-12H,9-10H2,1-3H3/t11-,12+. The van der Waals surface area contributed by atoms with Crippen molar-refractivity contribution in [3.8, 4) is 0 Å². The smallest absolute Gasteiger partial charge is 0.220 e. The molecule has 3 nitrogen and oxygen atoms in total. The molecule has 0 spiro atoms. The van der Waals surface area contributed by atoms with Gasteiger partial charge < -0.3 is 9.80 Å². The zero-order chi connectivity index (χ0) is 12.4. The van der Waals surface area contributed by atoms with E-state index < -0.39 is 0 Å². The topological polar surface area (TPSA) is 23.6 Å². The maximum atomic E-state index is 11.6. The lowest BCUT2D eigenvalue weighted by Gasteiger charge is -2.45. The van der Waals surface area contributed by atoms with Gasteiger partial charge >= 0.3 is 0 Å². The number of amides is 1. The lowest BCUT2D eigenvalue weighted by Crippen LogP contribution is -2.58. The van der Waals surface area contributed by atoms with Crippen LogP contribution in [0.4, 0.5) is 5.69 Å². The Balaban J connectivity index is 2.14. The van der Waals surface area contributed by atoms with Crippen molar-refractivity contribution in [1.82, 2.24) is 4.90 Å². The van der Waals surface area contributed by atoms with Gasteiger partial charge in [0, 0.05) is 37.8 Å². The minimum absolute atomic E-state index is 0.178. The molecule has 1 saturated heterocycles. The fourth-order valence-electron chi connectivity index (χ4n) is 2.79. The Bertz CT molecular complexity index is 378. The molecule has 2 atom stereocenters. The van der Waals surface area contributed by atoms with Crippen molar-refractivity contribution in [2.75, 3.05) is 18.0 Å². The molecule has 2 rings (SSSR count). The Morgan fingerprint density at radius 1 is 1.12 bits per heavy atom. The van der Waals surface area contributed by atoms with E-state index in [4.69, 9.17) is 0 Å². The SMILES string of the molecule is CC(=O)N1[C@H](C)CN(c2ccccc2)C[C@@H]1C. The van der Waals surface area contributed by atoms with Crippen molar-refractivity contribution >= 4 is 11.6 Å². The zero-order valence-corrected chi connectivity index (χ0v) is 10.8. The lowest BCUT2D eigenvalue weighted by molar-refractivity contribution is -0.133. The second-order valence-electron chi connectivity index (χ2n) is 4.86. The van der Waals surface area contributed by atoms with E-state index in [1.165, 1.54) is 5.69 Å². The number of piperazine rings is 1. The second kappa shape index (κ2) is 4.78. The Kier molecular flexibility index (Phi) is 3.36. The largest absolute Gasteiger partial charge is 0.367 e. The third kappa shape index (κ3) is 2.43. The van der Waals surface area contributed by atoms with Gasteiger partial charge in [-0.2, -0.15) is 0 Å². The first kappa shape index (κ1) is 12.0. The molecular formula is C14H20N2O. The molecule has 3 heteroatoms. The molecule has 1 aliphatic rings. The van der Waals surface area contributed by atoms with Crippen molar-refractivity contribution < 1.29 is 4.79 Å². The van der Waals surface area contributed by atoms with Crippen molar-refractivity contribution in [1.29, 1.82) is 0 Å². The molecule has 17 heavy (non-hydrogen) atoms. The van der Waals surface area contributed by atoms with E-state index in [2.05, 4.69) is 43.0 Å². The Hall–Kier alpha value is -1.51. The molecule has 1 aromatic rings. The quantitative estimate of drug-likeness (QED) is 0.740. The van der Waals surface area contributed by atoms with Crippen LogP contribution in [0.5, 0.6) is 0 Å². The van der Waals surface area contributed by atoms with E-state index in [1.807, 2.05) is 11.0 Å². The Morgan fingerprint density at radius 3 is 2.12 bits per heavy atom. The highest BCUT2D eigenvalue weighted by Gasteiger charge is 2.30. The molecule has 1 aliphatic heterocycles. The van der Waals surface area contributed by atoms with Crippen molar-refractivity contribution in [2.24, 2.45) is 0 Å². The number of rotatable bonds is 1. The molecule has 92 valence electrons. The minimum Gasteiger partial charge on any atom is -0.367 e. The van der Waals surface area contributed by atoms with Gasteiger partial charge in [-0.05, 0) is 26.0 Å². The summed E-state index contributed by atoms with van der Waals surface area (Å²) in [7, 11) is 0. The molecule has 0 saturated carbocycles. The average molecular weight is 232 g/mol. The number of carbonyl (C=O) groups excluding carboxylic acids is 1. The second-order valence-corrected chi connectivity index (χ2v) is 4.86. The van der Waals surface area contributed by atoms with Gasteiger partial charge in [0.15, 0.2) is 0 Å². The summed E-state index contributed by atoms with van der Waals surface area (Å²) in [4.78, 5) is 15.9. The van der Waals surface area contributed by atoms with Crippen molar-refractivity contribution in [3.05, 3.63) is 30.3 Å². The fraction of sp³-hybridized carbons (Fsp3) is 0.500. The normalized spacial score (nSPS) is 24.9. The first-order valence-electron chi connectivity index (χ1n) is 6.18. The number of hydrogen-bond acceptors (Lipinski definition) is 2. The van der Waals surface area contributed by atoms with Gasteiger partial charge in [0.1, 0.15) is 0 Å². The third-order valence-electron chi connectivity index (χ3n) is 3.40. The predicted octanol–water partition coefficient (Wildman–Crippen LogP) is 2.13. The van der Waals surface area contributed by atoms with Crippen LogP contribution in [0.1, 0.15) is 20.8 Å².